The summed E-state index contributed by atoms with van der Waals surface area (Å²) in [6.07, 6.45) is 0. The van der Waals surface area contributed by atoms with E-state index in [1.807, 2.05) is 67.8 Å². The Bertz CT molecular complexity index is 999. The number of carbonyl (C=O) groups is 1. The Balaban J connectivity index is 1.60. The minimum Gasteiger partial charge on any atom is -0.497 e. The Morgan fingerprint density at radius 3 is 2.50 bits per heavy atom. The van der Waals surface area contributed by atoms with Crippen molar-refractivity contribution in [1.82, 2.24) is 14.8 Å². The number of methoxy groups -OCH3 is 1. The van der Waals surface area contributed by atoms with Crippen molar-refractivity contribution in [1.29, 1.82) is 0 Å². The summed E-state index contributed by atoms with van der Waals surface area (Å²) in [6.45, 7) is 6.95. The first-order valence-electron chi connectivity index (χ1n) is 9.69. The first kappa shape index (κ1) is 21.7. The molecule has 0 atom stereocenters. The molecule has 1 N–H and O–H groups in total. The third-order valence-electron chi connectivity index (χ3n) is 4.60. The third kappa shape index (κ3) is 5.33. The van der Waals surface area contributed by atoms with Crippen LogP contribution in [0, 0.1) is 13.8 Å². The number of benzene rings is 2. The molecule has 7 nitrogen and oxygen atoms in total. The van der Waals surface area contributed by atoms with E-state index in [4.69, 9.17) is 9.47 Å². The molecule has 1 aromatic heterocycles. The molecule has 3 aromatic rings. The van der Waals surface area contributed by atoms with Gasteiger partial charge in [-0.2, -0.15) is 0 Å². The number of hydrogen-bond acceptors (Lipinski definition) is 6. The second-order valence-corrected chi connectivity index (χ2v) is 7.66. The number of nitrogens with zero attached hydrogens (tertiary/aromatic N) is 3. The number of rotatable bonds is 9. The van der Waals surface area contributed by atoms with Crippen molar-refractivity contribution in [3.8, 4) is 11.5 Å². The van der Waals surface area contributed by atoms with E-state index in [0.717, 1.165) is 22.6 Å². The lowest BCUT2D eigenvalue weighted by molar-refractivity contribution is -0.113. The number of para-hydroxylation sites is 1. The summed E-state index contributed by atoms with van der Waals surface area (Å²) in [5.41, 5.74) is 2.96. The van der Waals surface area contributed by atoms with Crippen LogP contribution in [-0.2, 0) is 17.9 Å². The fourth-order valence-corrected chi connectivity index (χ4v) is 3.83. The van der Waals surface area contributed by atoms with E-state index >= 15 is 0 Å². The summed E-state index contributed by atoms with van der Waals surface area (Å²) in [4.78, 5) is 12.4. The van der Waals surface area contributed by atoms with Gasteiger partial charge in [-0.1, -0.05) is 36.0 Å². The van der Waals surface area contributed by atoms with Gasteiger partial charge < -0.3 is 19.4 Å². The van der Waals surface area contributed by atoms with Gasteiger partial charge in [-0.15, -0.1) is 10.2 Å². The Morgan fingerprint density at radius 2 is 1.80 bits per heavy atom. The van der Waals surface area contributed by atoms with Crippen molar-refractivity contribution in [2.45, 2.75) is 39.1 Å². The lowest BCUT2D eigenvalue weighted by Crippen LogP contribution is -2.16. The molecule has 1 amide bonds. The highest BCUT2D eigenvalue weighted by atomic mass is 32.2. The quantitative estimate of drug-likeness (QED) is 0.516. The first-order valence-corrected chi connectivity index (χ1v) is 10.7. The van der Waals surface area contributed by atoms with Crippen LogP contribution in [0.5, 0.6) is 11.5 Å². The molecule has 3 rings (SSSR count). The Morgan fingerprint density at radius 1 is 1.10 bits per heavy atom. The molecule has 30 heavy (non-hydrogen) atoms. The van der Waals surface area contributed by atoms with Gasteiger partial charge in [0, 0.05) is 18.3 Å². The van der Waals surface area contributed by atoms with E-state index in [0.29, 0.717) is 23.3 Å². The highest BCUT2D eigenvalue weighted by molar-refractivity contribution is 7.99. The summed E-state index contributed by atoms with van der Waals surface area (Å²) >= 11 is 1.36. The smallest absolute Gasteiger partial charge is 0.234 e. The van der Waals surface area contributed by atoms with Gasteiger partial charge in [0.15, 0.2) is 11.0 Å². The number of carbonyl (C=O) groups excluding carboxylic acids is 1. The highest BCUT2D eigenvalue weighted by Gasteiger charge is 2.15. The molecule has 0 aliphatic carbocycles. The average Bonchev–Trinajstić information content (AvgIpc) is 3.15. The molecule has 8 heteroatoms. The molecule has 0 spiro atoms. The maximum Gasteiger partial charge on any atom is 0.234 e. The number of amides is 1. The van der Waals surface area contributed by atoms with Crippen LogP contribution in [0.4, 0.5) is 5.69 Å². The zero-order valence-electron chi connectivity index (χ0n) is 17.6. The standard InChI is InChI=1S/C22H26N4O3S/c1-5-26-19(13-29-18-11-7-10-17(12-18)28-4)24-25-22(26)30-14-20(27)23-21-15(2)8-6-9-16(21)3/h6-12H,5,13-14H2,1-4H3,(H,23,27). The second kappa shape index (κ2) is 10.2. The topological polar surface area (TPSA) is 78.3 Å². The fourth-order valence-electron chi connectivity index (χ4n) is 3.01. The van der Waals surface area contributed by atoms with Crippen molar-refractivity contribution < 1.29 is 14.3 Å². The van der Waals surface area contributed by atoms with Gasteiger partial charge in [0.25, 0.3) is 0 Å². The first-order chi connectivity index (χ1) is 14.5. The van der Waals surface area contributed by atoms with Crippen LogP contribution < -0.4 is 14.8 Å². The number of anilines is 1. The van der Waals surface area contributed by atoms with Gasteiger partial charge in [-0.05, 0) is 44.0 Å². The molecule has 0 aliphatic heterocycles. The molecule has 2 aromatic carbocycles. The predicted octanol–water partition coefficient (Wildman–Crippen LogP) is 4.23. The minimum atomic E-state index is -0.0720. The molecule has 0 unspecified atom stereocenters. The van der Waals surface area contributed by atoms with E-state index in [-0.39, 0.29) is 18.3 Å². The average molecular weight is 427 g/mol. The SMILES string of the molecule is CCn1c(COc2cccc(OC)c2)nnc1SCC(=O)Nc1c(C)cccc1C. The normalized spacial score (nSPS) is 10.7. The van der Waals surface area contributed by atoms with Gasteiger partial charge in [-0.3, -0.25) is 4.79 Å². The van der Waals surface area contributed by atoms with Crippen LogP contribution in [-0.4, -0.2) is 33.5 Å². The summed E-state index contributed by atoms with van der Waals surface area (Å²) < 4.78 is 13.0. The number of aryl methyl sites for hydroxylation is 2. The number of thioether (sulfide) groups is 1. The van der Waals surface area contributed by atoms with Gasteiger partial charge in [0.1, 0.15) is 18.1 Å². The van der Waals surface area contributed by atoms with E-state index < -0.39 is 0 Å². The number of ether oxygens (including phenoxy) is 2. The fraction of sp³-hybridized carbons (Fsp3) is 0.318. The molecule has 0 aliphatic rings. The lowest BCUT2D eigenvalue weighted by Gasteiger charge is -2.12. The van der Waals surface area contributed by atoms with Crippen LogP contribution in [0.3, 0.4) is 0 Å². The molecule has 0 bridgehead atoms. The van der Waals surface area contributed by atoms with E-state index in [9.17, 15) is 4.79 Å². The Labute approximate surface area is 180 Å². The molecule has 158 valence electrons. The van der Waals surface area contributed by atoms with Crippen molar-refractivity contribution in [2.24, 2.45) is 0 Å². The molecule has 0 fully saturated rings. The van der Waals surface area contributed by atoms with Crippen molar-refractivity contribution in [3.05, 3.63) is 59.4 Å². The number of aromatic nitrogens is 3. The molecule has 0 radical (unpaired) electrons. The van der Waals surface area contributed by atoms with Gasteiger partial charge in [0.05, 0.1) is 12.9 Å². The minimum absolute atomic E-state index is 0.0720. The van der Waals surface area contributed by atoms with Crippen LogP contribution >= 0.6 is 11.8 Å². The summed E-state index contributed by atoms with van der Waals surface area (Å²) in [7, 11) is 1.62. The van der Waals surface area contributed by atoms with Crippen LogP contribution in [0.2, 0.25) is 0 Å². The summed E-state index contributed by atoms with van der Waals surface area (Å²) in [5, 5.41) is 12.2. The van der Waals surface area contributed by atoms with Gasteiger partial charge in [0.2, 0.25) is 5.91 Å². The predicted molar refractivity (Wildman–Crippen MR) is 118 cm³/mol. The van der Waals surface area contributed by atoms with Crippen LogP contribution in [0.15, 0.2) is 47.6 Å². The zero-order valence-corrected chi connectivity index (χ0v) is 18.5. The largest absolute Gasteiger partial charge is 0.497 e. The number of hydrogen-bond donors (Lipinski definition) is 1. The maximum absolute atomic E-state index is 12.4. The molecule has 1 heterocycles. The lowest BCUT2D eigenvalue weighted by atomic mass is 10.1. The second-order valence-electron chi connectivity index (χ2n) is 6.71. The summed E-state index contributed by atoms with van der Waals surface area (Å²) in [5.74, 6) is 2.32. The summed E-state index contributed by atoms with van der Waals surface area (Å²) in [6, 6.07) is 13.4. The Hall–Kier alpha value is -3.00. The third-order valence-corrected chi connectivity index (χ3v) is 5.56. The highest BCUT2D eigenvalue weighted by Crippen LogP contribution is 2.23. The van der Waals surface area contributed by atoms with E-state index in [1.54, 1.807) is 7.11 Å². The van der Waals surface area contributed by atoms with E-state index in [1.165, 1.54) is 11.8 Å². The van der Waals surface area contributed by atoms with Crippen LogP contribution in [0.1, 0.15) is 23.9 Å². The van der Waals surface area contributed by atoms with Crippen molar-refractivity contribution >= 4 is 23.4 Å². The molecular formula is C22H26N4O3S. The number of nitrogens with one attached hydrogen (secondary N) is 1. The Kier molecular flexibility index (Phi) is 7.35. The maximum atomic E-state index is 12.4. The van der Waals surface area contributed by atoms with Crippen LogP contribution in [0.25, 0.3) is 0 Å². The van der Waals surface area contributed by atoms with Gasteiger partial charge >= 0.3 is 0 Å². The molecular weight excluding hydrogens is 400 g/mol. The van der Waals surface area contributed by atoms with Crippen molar-refractivity contribution in [3.63, 3.8) is 0 Å². The molecule has 0 saturated heterocycles. The van der Waals surface area contributed by atoms with E-state index in [2.05, 4.69) is 15.5 Å². The monoisotopic (exact) mass is 426 g/mol. The van der Waals surface area contributed by atoms with Gasteiger partial charge in [-0.25, -0.2) is 0 Å². The van der Waals surface area contributed by atoms with Crippen molar-refractivity contribution in [2.75, 3.05) is 18.2 Å². The zero-order chi connectivity index (χ0) is 21.5. The molecule has 0 saturated carbocycles.